The van der Waals surface area contributed by atoms with Crippen molar-refractivity contribution in [1.29, 1.82) is 0 Å². The first-order valence-electron chi connectivity index (χ1n) is 12.2. The number of likely N-dealkylation sites (tertiary alicyclic amines) is 2. The standard InChI is InChI=1S/C28H28F3N3O2/c29-28(30,31)24-4-1-3-20(16-24)15-19-6-8-22(9-7-19)26(35)33-13-10-21(11-14-33)23-17-34(18-23)27(36)25-5-2-12-32-25/h1-9,12,16,21,23,32H,10-11,13-15,17-18H2. The zero-order chi connectivity index (χ0) is 25.3. The average molecular weight is 496 g/mol. The Morgan fingerprint density at radius 3 is 2.19 bits per heavy atom. The molecular weight excluding hydrogens is 467 g/mol. The molecule has 2 aliphatic rings. The number of carbonyl (C=O) groups is 2. The van der Waals surface area contributed by atoms with Gasteiger partial charge in [-0.25, -0.2) is 0 Å². The summed E-state index contributed by atoms with van der Waals surface area (Å²) in [4.78, 5) is 32.1. The Morgan fingerprint density at radius 1 is 0.833 bits per heavy atom. The molecule has 3 heterocycles. The number of piperidine rings is 1. The van der Waals surface area contributed by atoms with Gasteiger partial charge in [0.1, 0.15) is 5.69 Å². The summed E-state index contributed by atoms with van der Waals surface area (Å²) in [6.45, 7) is 2.92. The molecule has 5 nitrogen and oxygen atoms in total. The highest BCUT2D eigenvalue weighted by molar-refractivity contribution is 5.94. The van der Waals surface area contributed by atoms with E-state index in [9.17, 15) is 22.8 Å². The van der Waals surface area contributed by atoms with Gasteiger partial charge >= 0.3 is 6.18 Å². The van der Waals surface area contributed by atoms with Crippen LogP contribution in [0.25, 0.3) is 0 Å². The number of hydrogen-bond donors (Lipinski definition) is 1. The zero-order valence-corrected chi connectivity index (χ0v) is 19.8. The van der Waals surface area contributed by atoms with Crippen molar-refractivity contribution in [3.05, 3.63) is 94.8 Å². The van der Waals surface area contributed by atoms with E-state index < -0.39 is 11.7 Å². The number of nitrogens with zero attached hydrogens (tertiary/aromatic N) is 2. The molecule has 2 aliphatic heterocycles. The Hall–Kier alpha value is -3.55. The van der Waals surface area contributed by atoms with Crippen LogP contribution in [0.1, 0.15) is 50.4 Å². The van der Waals surface area contributed by atoms with Crippen LogP contribution in [0, 0.1) is 11.8 Å². The molecule has 0 spiro atoms. The molecule has 1 aromatic heterocycles. The fourth-order valence-electron chi connectivity index (χ4n) is 5.23. The van der Waals surface area contributed by atoms with E-state index >= 15 is 0 Å². The van der Waals surface area contributed by atoms with Crippen molar-refractivity contribution >= 4 is 11.8 Å². The van der Waals surface area contributed by atoms with Crippen molar-refractivity contribution in [2.24, 2.45) is 11.8 Å². The molecule has 2 fully saturated rings. The van der Waals surface area contributed by atoms with Gasteiger partial charge in [0.2, 0.25) is 0 Å². The summed E-state index contributed by atoms with van der Waals surface area (Å²) in [5, 5.41) is 0. The fraction of sp³-hybridized carbons (Fsp3) is 0.357. The number of amides is 2. The van der Waals surface area contributed by atoms with Crippen LogP contribution < -0.4 is 0 Å². The van der Waals surface area contributed by atoms with Crippen LogP contribution in [0.3, 0.4) is 0 Å². The Labute approximate surface area is 207 Å². The lowest BCUT2D eigenvalue weighted by molar-refractivity contribution is -0.137. The van der Waals surface area contributed by atoms with Crippen LogP contribution in [0.4, 0.5) is 13.2 Å². The molecule has 0 unspecified atom stereocenters. The molecule has 2 amide bonds. The molecule has 5 rings (SSSR count). The second-order valence-electron chi connectivity index (χ2n) is 9.76. The third-order valence-corrected chi connectivity index (χ3v) is 7.38. The molecule has 1 N–H and O–H groups in total. The van der Waals surface area contributed by atoms with Gasteiger partial charge in [-0.2, -0.15) is 13.2 Å². The van der Waals surface area contributed by atoms with Gasteiger partial charge in [-0.3, -0.25) is 9.59 Å². The number of halogens is 3. The smallest absolute Gasteiger partial charge is 0.357 e. The van der Waals surface area contributed by atoms with E-state index in [4.69, 9.17) is 0 Å². The highest BCUT2D eigenvalue weighted by Crippen LogP contribution is 2.33. The lowest BCUT2D eigenvalue weighted by atomic mass is 9.79. The Morgan fingerprint density at radius 2 is 1.56 bits per heavy atom. The molecule has 2 saturated heterocycles. The van der Waals surface area contributed by atoms with Crippen LogP contribution in [-0.4, -0.2) is 52.8 Å². The lowest BCUT2D eigenvalue weighted by Gasteiger charge is -2.46. The molecule has 0 atom stereocenters. The predicted molar refractivity (Wildman–Crippen MR) is 130 cm³/mol. The van der Waals surface area contributed by atoms with Crippen molar-refractivity contribution < 1.29 is 22.8 Å². The number of hydrogen-bond acceptors (Lipinski definition) is 2. The number of benzene rings is 2. The molecule has 8 heteroatoms. The minimum absolute atomic E-state index is 0.0174. The van der Waals surface area contributed by atoms with Gasteiger partial charge < -0.3 is 14.8 Å². The van der Waals surface area contributed by atoms with Crippen LogP contribution >= 0.6 is 0 Å². The summed E-state index contributed by atoms with van der Waals surface area (Å²) in [7, 11) is 0. The maximum Gasteiger partial charge on any atom is 0.416 e. The van der Waals surface area contributed by atoms with E-state index in [1.807, 2.05) is 28.0 Å². The summed E-state index contributed by atoms with van der Waals surface area (Å²) in [5.74, 6) is 1.02. The zero-order valence-electron chi connectivity index (χ0n) is 19.8. The first kappa shape index (κ1) is 24.2. The summed E-state index contributed by atoms with van der Waals surface area (Å²) in [6, 6.07) is 16.1. The van der Waals surface area contributed by atoms with Crippen LogP contribution in [-0.2, 0) is 12.6 Å². The first-order valence-corrected chi connectivity index (χ1v) is 12.2. The third-order valence-electron chi connectivity index (χ3n) is 7.38. The molecule has 0 saturated carbocycles. The molecule has 0 aliphatic carbocycles. The first-order chi connectivity index (χ1) is 17.3. The van der Waals surface area contributed by atoms with Crippen LogP contribution in [0.5, 0.6) is 0 Å². The number of alkyl halides is 3. The van der Waals surface area contributed by atoms with Gasteiger partial charge in [0.05, 0.1) is 5.56 Å². The van der Waals surface area contributed by atoms with Gasteiger partial charge in [-0.15, -0.1) is 0 Å². The van der Waals surface area contributed by atoms with Crippen molar-refractivity contribution in [2.75, 3.05) is 26.2 Å². The maximum atomic E-state index is 13.0. The SMILES string of the molecule is O=C(c1ccc(Cc2cccc(C(F)(F)F)c2)cc1)N1CCC(C2CN(C(=O)c3ccc[nH]3)C2)CC1. The number of nitrogens with one attached hydrogen (secondary N) is 1. The third kappa shape index (κ3) is 5.17. The Bertz CT molecular complexity index is 1210. The molecule has 0 bridgehead atoms. The molecular formula is C28H28F3N3O2. The van der Waals surface area contributed by atoms with Crippen molar-refractivity contribution in [3.63, 3.8) is 0 Å². The summed E-state index contributed by atoms with van der Waals surface area (Å²) >= 11 is 0. The summed E-state index contributed by atoms with van der Waals surface area (Å²) in [5.41, 5.74) is 1.99. The van der Waals surface area contributed by atoms with Gasteiger partial charge in [0.15, 0.2) is 0 Å². The Kier molecular flexibility index (Phi) is 6.60. The largest absolute Gasteiger partial charge is 0.416 e. The van der Waals surface area contributed by atoms with Crippen LogP contribution in [0.15, 0.2) is 66.9 Å². The van der Waals surface area contributed by atoms with E-state index in [0.29, 0.717) is 48.2 Å². The van der Waals surface area contributed by atoms with Gasteiger partial charge in [-0.1, -0.05) is 30.3 Å². The molecule has 188 valence electrons. The average Bonchev–Trinajstić information content (AvgIpc) is 3.38. The second kappa shape index (κ2) is 9.84. The molecule has 2 aromatic carbocycles. The van der Waals surface area contributed by atoms with Crippen LogP contribution in [0.2, 0.25) is 0 Å². The number of rotatable bonds is 5. The molecule has 0 radical (unpaired) electrons. The normalized spacial score (nSPS) is 17.2. The minimum Gasteiger partial charge on any atom is -0.357 e. The summed E-state index contributed by atoms with van der Waals surface area (Å²) < 4.78 is 38.9. The van der Waals surface area contributed by atoms with Gasteiger partial charge in [0, 0.05) is 37.9 Å². The van der Waals surface area contributed by atoms with E-state index in [0.717, 1.165) is 37.6 Å². The number of aromatic amines is 1. The lowest BCUT2D eigenvalue weighted by Crippen LogP contribution is -2.54. The molecule has 36 heavy (non-hydrogen) atoms. The number of carbonyl (C=O) groups excluding carboxylic acids is 2. The van der Waals surface area contributed by atoms with E-state index in [2.05, 4.69) is 4.98 Å². The van der Waals surface area contributed by atoms with Crippen molar-refractivity contribution in [2.45, 2.75) is 25.4 Å². The van der Waals surface area contributed by atoms with Crippen molar-refractivity contribution in [3.8, 4) is 0 Å². The van der Waals surface area contributed by atoms with Gasteiger partial charge in [-0.05, 0) is 72.6 Å². The van der Waals surface area contributed by atoms with E-state index in [-0.39, 0.29) is 11.8 Å². The predicted octanol–water partition coefficient (Wildman–Crippen LogP) is 5.25. The van der Waals surface area contributed by atoms with Gasteiger partial charge in [0.25, 0.3) is 11.8 Å². The number of aromatic nitrogens is 1. The summed E-state index contributed by atoms with van der Waals surface area (Å²) in [6.07, 6.45) is -0.392. The number of H-pyrrole nitrogens is 1. The highest BCUT2D eigenvalue weighted by Gasteiger charge is 2.38. The minimum atomic E-state index is -4.36. The van der Waals surface area contributed by atoms with Crippen molar-refractivity contribution in [1.82, 2.24) is 14.8 Å². The topological polar surface area (TPSA) is 56.4 Å². The second-order valence-corrected chi connectivity index (χ2v) is 9.76. The van der Waals surface area contributed by atoms with E-state index in [1.165, 1.54) is 12.1 Å². The Balaban J connectivity index is 1.11. The highest BCUT2D eigenvalue weighted by atomic mass is 19.4. The van der Waals surface area contributed by atoms with E-state index in [1.54, 1.807) is 30.5 Å². The quantitative estimate of drug-likeness (QED) is 0.526. The maximum absolute atomic E-state index is 13.0. The monoisotopic (exact) mass is 495 g/mol. The fourth-order valence-corrected chi connectivity index (χ4v) is 5.23. The molecule has 3 aromatic rings.